The van der Waals surface area contributed by atoms with Crippen molar-refractivity contribution in [2.45, 2.75) is 44.9 Å². The van der Waals surface area contributed by atoms with Crippen molar-refractivity contribution >= 4 is 11.8 Å². The van der Waals surface area contributed by atoms with Crippen molar-refractivity contribution in [3.8, 4) is 17.2 Å². The average molecular weight is 455 g/mol. The van der Waals surface area contributed by atoms with E-state index in [-0.39, 0.29) is 36.2 Å². The Balaban J connectivity index is 1.75. The number of fused-ring (bicyclic) bond motifs is 1. The predicted octanol–water partition coefficient (Wildman–Crippen LogP) is 2.81. The zero-order valence-corrected chi connectivity index (χ0v) is 19.4. The summed E-state index contributed by atoms with van der Waals surface area (Å²) >= 11 is 0. The first kappa shape index (κ1) is 22.9. The lowest BCUT2D eigenvalue weighted by Gasteiger charge is -2.36. The fourth-order valence-electron chi connectivity index (χ4n) is 4.77. The molecule has 2 N–H and O–H groups in total. The number of nitrogens with zero attached hydrogens (tertiary/aromatic N) is 1. The highest BCUT2D eigenvalue weighted by Crippen LogP contribution is 2.43. The van der Waals surface area contributed by atoms with Crippen LogP contribution < -0.4 is 14.8 Å². The van der Waals surface area contributed by atoms with E-state index < -0.39 is 5.92 Å². The Labute approximate surface area is 193 Å². The first-order valence-corrected chi connectivity index (χ1v) is 11.1. The van der Waals surface area contributed by atoms with Crippen molar-refractivity contribution in [2.75, 3.05) is 27.3 Å². The summed E-state index contributed by atoms with van der Waals surface area (Å²) in [5.74, 6) is 0.260. The van der Waals surface area contributed by atoms with E-state index in [1.54, 1.807) is 12.1 Å². The maximum Gasteiger partial charge on any atom is 0.251 e. The second kappa shape index (κ2) is 9.31. The molecule has 2 heterocycles. The first-order chi connectivity index (χ1) is 15.8. The van der Waals surface area contributed by atoms with Crippen LogP contribution in [0.2, 0.25) is 0 Å². The number of benzene rings is 2. The molecule has 2 aliphatic rings. The second-order valence-electron chi connectivity index (χ2n) is 8.67. The van der Waals surface area contributed by atoms with Crippen molar-refractivity contribution in [1.29, 1.82) is 0 Å². The largest absolute Gasteiger partial charge is 0.507 e. The normalized spacial score (nSPS) is 20.7. The first-order valence-electron chi connectivity index (χ1n) is 11.1. The van der Waals surface area contributed by atoms with Gasteiger partial charge in [-0.15, -0.1) is 0 Å². The molecule has 1 saturated heterocycles. The van der Waals surface area contributed by atoms with Gasteiger partial charge >= 0.3 is 0 Å². The van der Waals surface area contributed by atoms with Crippen molar-refractivity contribution in [3.63, 3.8) is 0 Å². The molecule has 33 heavy (non-hydrogen) atoms. The molecular weight excluding hydrogens is 424 g/mol. The van der Waals surface area contributed by atoms with Gasteiger partial charge in [0.1, 0.15) is 17.2 Å². The third-order valence-corrected chi connectivity index (χ3v) is 6.26. The number of ether oxygens (including phenoxy) is 3. The third-order valence-electron chi connectivity index (χ3n) is 6.26. The number of morpholine rings is 1. The number of carbonyl (C=O) groups excluding carboxylic acids is 2. The number of phenols is 1. The van der Waals surface area contributed by atoms with E-state index in [1.807, 2.05) is 30.9 Å². The van der Waals surface area contributed by atoms with Crippen LogP contribution in [-0.4, -0.2) is 61.3 Å². The van der Waals surface area contributed by atoms with Gasteiger partial charge in [0.25, 0.3) is 5.91 Å². The zero-order chi connectivity index (χ0) is 23.7. The van der Waals surface area contributed by atoms with E-state index in [0.717, 1.165) is 11.1 Å². The molecule has 0 radical (unpaired) electrons. The van der Waals surface area contributed by atoms with Crippen molar-refractivity contribution in [3.05, 3.63) is 52.6 Å². The summed E-state index contributed by atoms with van der Waals surface area (Å²) in [4.78, 5) is 27.3. The third kappa shape index (κ3) is 4.61. The van der Waals surface area contributed by atoms with E-state index in [9.17, 15) is 14.7 Å². The summed E-state index contributed by atoms with van der Waals surface area (Å²) in [6.45, 7) is 5.38. The Hall–Kier alpha value is -3.26. The summed E-state index contributed by atoms with van der Waals surface area (Å²) in [7, 11) is 3.04. The summed E-state index contributed by atoms with van der Waals surface area (Å²) < 4.78 is 16.6. The molecule has 0 aromatic heterocycles. The summed E-state index contributed by atoms with van der Waals surface area (Å²) in [6.07, 6.45) is 0.0462. The fraction of sp³-hybridized carbons (Fsp3) is 0.440. The highest BCUT2D eigenvalue weighted by Gasteiger charge is 2.32. The minimum absolute atomic E-state index is 0.0117. The monoisotopic (exact) mass is 454 g/mol. The maximum absolute atomic E-state index is 13.4. The van der Waals surface area contributed by atoms with Crippen LogP contribution in [0.25, 0.3) is 0 Å². The number of amides is 2. The van der Waals surface area contributed by atoms with Crippen LogP contribution in [0.15, 0.2) is 30.3 Å². The van der Waals surface area contributed by atoms with Crippen LogP contribution in [0.5, 0.6) is 17.2 Å². The van der Waals surface area contributed by atoms with Gasteiger partial charge in [-0.1, -0.05) is 12.1 Å². The van der Waals surface area contributed by atoms with Gasteiger partial charge in [-0.2, -0.15) is 0 Å². The standard InChI is InChI=1S/C25H30N2O6/c1-14-12-27(13-15(2)33-14)23(29)10-20(16-5-6-19-17(7-16)11-26-25(19)30)24-21(28)8-18(31-3)9-22(24)32-4/h5-9,14-15,20,28H,10-13H2,1-4H3,(H,26,30)/t14-,15?,20+/m0/s1. The van der Waals surface area contributed by atoms with Gasteiger partial charge in [0.05, 0.1) is 26.4 Å². The van der Waals surface area contributed by atoms with Crippen LogP contribution in [0.1, 0.15) is 53.2 Å². The summed E-state index contributed by atoms with van der Waals surface area (Å²) in [5, 5.41) is 13.8. The van der Waals surface area contributed by atoms with E-state index in [2.05, 4.69) is 5.32 Å². The van der Waals surface area contributed by atoms with Gasteiger partial charge in [0.15, 0.2) is 0 Å². The Kier molecular flexibility index (Phi) is 6.47. The number of hydrogen-bond donors (Lipinski definition) is 2. The van der Waals surface area contributed by atoms with E-state index in [0.29, 0.717) is 42.3 Å². The molecule has 2 aromatic rings. The number of hydrogen-bond acceptors (Lipinski definition) is 6. The maximum atomic E-state index is 13.4. The number of phenolic OH excluding ortho intramolecular Hbond substituents is 1. The number of methoxy groups -OCH3 is 2. The molecule has 3 atom stereocenters. The molecule has 176 valence electrons. The molecule has 0 bridgehead atoms. The van der Waals surface area contributed by atoms with Gasteiger partial charge in [0.2, 0.25) is 5.91 Å². The SMILES string of the molecule is COc1cc(O)c([C@H](CC(=O)N2CC(C)O[C@@H](C)C2)c2ccc3c(c2)CNC3=O)c(OC)c1. The molecule has 4 rings (SSSR count). The molecule has 1 unspecified atom stereocenters. The van der Waals surface area contributed by atoms with E-state index in [4.69, 9.17) is 14.2 Å². The van der Waals surface area contributed by atoms with Crippen LogP contribution in [0.4, 0.5) is 0 Å². The highest BCUT2D eigenvalue weighted by molar-refractivity contribution is 5.98. The topological polar surface area (TPSA) is 97.3 Å². The second-order valence-corrected chi connectivity index (χ2v) is 8.67. The van der Waals surface area contributed by atoms with Gasteiger partial charge < -0.3 is 29.5 Å². The van der Waals surface area contributed by atoms with Crippen molar-refractivity contribution < 1.29 is 28.9 Å². The summed E-state index contributed by atoms with van der Waals surface area (Å²) in [5.41, 5.74) is 2.84. The van der Waals surface area contributed by atoms with E-state index >= 15 is 0 Å². The number of carbonyl (C=O) groups is 2. The fourth-order valence-corrected chi connectivity index (χ4v) is 4.77. The van der Waals surface area contributed by atoms with Gasteiger partial charge in [-0.25, -0.2) is 0 Å². The quantitative estimate of drug-likeness (QED) is 0.697. The molecule has 0 saturated carbocycles. The number of nitrogens with one attached hydrogen (secondary N) is 1. The van der Waals surface area contributed by atoms with Gasteiger partial charge in [-0.3, -0.25) is 9.59 Å². The van der Waals surface area contributed by atoms with Crippen LogP contribution in [0.3, 0.4) is 0 Å². The van der Waals surface area contributed by atoms with Crippen molar-refractivity contribution in [1.82, 2.24) is 10.2 Å². The molecule has 2 aromatic carbocycles. The lowest BCUT2D eigenvalue weighted by molar-refractivity contribution is -0.143. The Morgan fingerprint density at radius 2 is 1.91 bits per heavy atom. The molecular formula is C25H30N2O6. The molecule has 1 fully saturated rings. The molecule has 8 nitrogen and oxygen atoms in total. The van der Waals surface area contributed by atoms with Crippen LogP contribution in [-0.2, 0) is 16.1 Å². The number of rotatable bonds is 6. The van der Waals surface area contributed by atoms with E-state index in [1.165, 1.54) is 20.3 Å². The van der Waals surface area contributed by atoms with Gasteiger partial charge in [-0.05, 0) is 31.0 Å². The van der Waals surface area contributed by atoms with Crippen LogP contribution >= 0.6 is 0 Å². The minimum atomic E-state index is -0.479. The predicted molar refractivity (Wildman–Crippen MR) is 122 cm³/mol. The Morgan fingerprint density at radius 1 is 1.18 bits per heavy atom. The molecule has 8 heteroatoms. The lowest BCUT2D eigenvalue weighted by atomic mass is 9.85. The molecule has 0 aliphatic carbocycles. The lowest BCUT2D eigenvalue weighted by Crippen LogP contribution is -2.48. The molecule has 2 amide bonds. The zero-order valence-electron chi connectivity index (χ0n) is 19.4. The molecule has 0 spiro atoms. The smallest absolute Gasteiger partial charge is 0.251 e. The summed E-state index contributed by atoms with van der Waals surface area (Å²) in [6, 6.07) is 8.77. The molecule has 2 aliphatic heterocycles. The Bertz CT molecular complexity index is 1060. The van der Waals surface area contributed by atoms with Crippen molar-refractivity contribution in [2.24, 2.45) is 0 Å². The highest BCUT2D eigenvalue weighted by atomic mass is 16.5. The van der Waals surface area contributed by atoms with Gasteiger partial charge in [0, 0.05) is 55.2 Å². The van der Waals surface area contributed by atoms with Crippen LogP contribution in [0, 0.1) is 0 Å². The Morgan fingerprint density at radius 3 is 2.58 bits per heavy atom. The number of aromatic hydroxyl groups is 1. The average Bonchev–Trinajstić information content (AvgIpc) is 3.16. The minimum Gasteiger partial charge on any atom is -0.507 e.